The molecule has 0 spiro atoms. The maximum Gasteiger partial charge on any atom is 0.191 e. The van der Waals surface area contributed by atoms with Gasteiger partial charge in [-0.3, -0.25) is 4.99 Å². The zero-order valence-electron chi connectivity index (χ0n) is 15.8. The molecular formula is C19H30N6. The Morgan fingerprint density at radius 2 is 1.96 bits per heavy atom. The molecule has 136 valence electrons. The minimum Gasteiger partial charge on any atom is -0.357 e. The summed E-state index contributed by atoms with van der Waals surface area (Å²) in [6, 6.07) is 8.69. The summed E-state index contributed by atoms with van der Waals surface area (Å²) in [7, 11) is 0. The second-order valence-corrected chi connectivity index (χ2v) is 6.25. The molecular weight excluding hydrogens is 312 g/mol. The summed E-state index contributed by atoms with van der Waals surface area (Å²) in [4.78, 5) is 4.73. The Labute approximate surface area is 150 Å². The maximum absolute atomic E-state index is 4.73. The van der Waals surface area contributed by atoms with Crippen LogP contribution in [0.15, 0.2) is 35.6 Å². The molecule has 6 nitrogen and oxygen atoms in total. The lowest BCUT2D eigenvalue weighted by molar-refractivity contribution is 0.631. The third-order valence-electron chi connectivity index (χ3n) is 4.17. The molecule has 2 aromatic rings. The quantitative estimate of drug-likeness (QED) is 0.571. The smallest absolute Gasteiger partial charge is 0.191 e. The molecule has 0 bridgehead atoms. The van der Waals surface area contributed by atoms with Crippen molar-refractivity contribution in [2.24, 2.45) is 4.99 Å². The third-order valence-corrected chi connectivity index (χ3v) is 4.17. The zero-order chi connectivity index (χ0) is 18.1. The first-order valence-electron chi connectivity index (χ1n) is 9.09. The van der Waals surface area contributed by atoms with E-state index >= 15 is 0 Å². The van der Waals surface area contributed by atoms with Gasteiger partial charge in [-0.2, -0.15) is 0 Å². The van der Waals surface area contributed by atoms with Gasteiger partial charge in [0.05, 0.1) is 0 Å². The third kappa shape index (κ3) is 5.89. The summed E-state index contributed by atoms with van der Waals surface area (Å²) >= 11 is 0. The highest BCUT2D eigenvalue weighted by molar-refractivity contribution is 5.79. The van der Waals surface area contributed by atoms with Crippen molar-refractivity contribution in [3.63, 3.8) is 0 Å². The van der Waals surface area contributed by atoms with Crippen LogP contribution in [-0.4, -0.2) is 40.4 Å². The van der Waals surface area contributed by atoms with Gasteiger partial charge in [0.15, 0.2) is 5.96 Å². The number of benzene rings is 1. The van der Waals surface area contributed by atoms with Gasteiger partial charge in [-0.25, -0.2) is 0 Å². The first kappa shape index (κ1) is 19.0. The predicted molar refractivity (Wildman–Crippen MR) is 103 cm³/mol. The molecule has 2 rings (SSSR count). The van der Waals surface area contributed by atoms with E-state index in [1.165, 1.54) is 11.1 Å². The van der Waals surface area contributed by atoms with Gasteiger partial charge in [-0.15, -0.1) is 10.2 Å². The number of hydrogen-bond donors (Lipinski definition) is 2. The minimum absolute atomic E-state index is 0.389. The molecule has 2 N–H and O–H groups in total. The molecule has 1 atom stereocenters. The molecule has 1 aromatic carbocycles. The standard InChI is InChI=1S/C19H30N6/c1-5-18-24-23-14-25(18)12-11-21-19(20-6-2)22-13-16(4)17-9-7-15(3)8-10-17/h7-10,14,16H,5-6,11-13H2,1-4H3,(H2,20,21,22). The van der Waals surface area contributed by atoms with Gasteiger partial charge < -0.3 is 15.2 Å². The summed E-state index contributed by atoms with van der Waals surface area (Å²) < 4.78 is 2.07. The molecule has 0 radical (unpaired) electrons. The molecule has 0 aliphatic rings. The first-order chi connectivity index (χ1) is 12.1. The van der Waals surface area contributed by atoms with E-state index in [1.54, 1.807) is 6.33 Å². The molecule has 0 amide bonds. The second-order valence-electron chi connectivity index (χ2n) is 6.25. The second kappa shape index (κ2) is 9.81. The maximum atomic E-state index is 4.73. The number of guanidine groups is 1. The van der Waals surface area contributed by atoms with E-state index < -0.39 is 0 Å². The predicted octanol–water partition coefficient (Wildman–Crippen LogP) is 2.51. The molecule has 0 aliphatic carbocycles. The normalized spacial score (nSPS) is 12.9. The number of rotatable bonds is 8. The lowest BCUT2D eigenvalue weighted by Gasteiger charge is -2.14. The number of aryl methyl sites for hydroxylation is 2. The molecule has 0 aliphatic heterocycles. The van der Waals surface area contributed by atoms with Gasteiger partial charge in [0.25, 0.3) is 0 Å². The molecule has 1 aromatic heterocycles. The molecule has 1 unspecified atom stereocenters. The molecule has 6 heteroatoms. The van der Waals surface area contributed by atoms with Crippen LogP contribution in [0.5, 0.6) is 0 Å². The van der Waals surface area contributed by atoms with E-state index in [4.69, 9.17) is 4.99 Å². The molecule has 0 saturated carbocycles. The molecule has 0 saturated heterocycles. The highest BCUT2D eigenvalue weighted by Gasteiger charge is 2.06. The first-order valence-corrected chi connectivity index (χ1v) is 9.09. The Bertz CT molecular complexity index is 659. The minimum atomic E-state index is 0.389. The van der Waals surface area contributed by atoms with Crippen LogP contribution in [0.4, 0.5) is 0 Å². The Hall–Kier alpha value is -2.37. The van der Waals surface area contributed by atoms with Crippen LogP contribution in [0.1, 0.15) is 43.6 Å². The van der Waals surface area contributed by atoms with Crippen LogP contribution >= 0.6 is 0 Å². The van der Waals surface area contributed by atoms with Crippen molar-refractivity contribution >= 4 is 5.96 Å². The van der Waals surface area contributed by atoms with Gasteiger partial charge in [0, 0.05) is 38.5 Å². The van der Waals surface area contributed by atoms with E-state index in [0.717, 1.165) is 44.4 Å². The summed E-state index contributed by atoms with van der Waals surface area (Å²) in [5.74, 6) is 2.25. The highest BCUT2D eigenvalue weighted by atomic mass is 15.3. The van der Waals surface area contributed by atoms with Crippen LogP contribution in [-0.2, 0) is 13.0 Å². The Morgan fingerprint density at radius 3 is 2.64 bits per heavy atom. The summed E-state index contributed by atoms with van der Waals surface area (Å²) in [6.45, 7) is 11.7. The fourth-order valence-electron chi connectivity index (χ4n) is 2.60. The molecule has 1 heterocycles. The average Bonchev–Trinajstić information content (AvgIpc) is 3.07. The Balaban J connectivity index is 1.88. The molecule has 0 fully saturated rings. The van der Waals surface area contributed by atoms with Crippen molar-refractivity contribution in [3.8, 4) is 0 Å². The van der Waals surface area contributed by atoms with Gasteiger partial charge in [0.2, 0.25) is 0 Å². The zero-order valence-corrected chi connectivity index (χ0v) is 15.8. The van der Waals surface area contributed by atoms with Gasteiger partial charge >= 0.3 is 0 Å². The van der Waals surface area contributed by atoms with Crippen molar-refractivity contribution in [1.82, 2.24) is 25.4 Å². The molecule has 25 heavy (non-hydrogen) atoms. The van der Waals surface area contributed by atoms with Crippen LogP contribution in [0.3, 0.4) is 0 Å². The number of nitrogens with zero attached hydrogens (tertiary/aromatic N) is 4. The summed E-state index contributed by atoms with van der Waals surface area (Å²) in [6.07, 6.45) is 2.67. The van der Waals surface area contributed by atoms with E-state index in [2.05, 4.69) is 77.4 Å². The monoisotopic (exact) mass is 342 g/mol. The van der Waals surface area contributed by atoms with Crippen molar-refractivity contribution < 1.29 is 0 Å². The van der Waals surface area contributed by atoms with E-state index in [-0.39, 0.29) is 0 Å². The topological polar surface area (TPSA) is 67.1 Å². The fraction of sp³-hybridized carbons (Fsp3) is 0.526. The highest BCUT2D eigenvalue weighted by Crippen LogP contribution is 2.15. The summed E-state index contributed by atoms with van der Waals surface area (Å²) in [5.41, 5.74) is 2.61. The van der Waals surface area contributed by atoms with E-state index in [9.17, 15) is 0 Å². The lowest BCUT2D eigenvalue weighted by Crippen LogP contribution is -2.39. The number of hydrogen-bond acceptors (Lipinski definition) is 3. The van der Waals surface area contributed by atoms with Crippen molar-refractivity contribution in [2.75, 3.05) is 19.6 Å². The van der Waals surface area contributed by atoms with Crippen molar-refractivity contribution in [2.45, 2.75) is 46.6 Å². The van der Waals surface area contributed by atoms with Crippen LogP contribution in [0.25, 0.3) is 0 Å². The fourth-order valence-corrected chi connectivity index (χ4v) is 2.60. The summed E-state index contributed by atoms with van der Waals surface area (Å²) in [5, 5.41) is 14.8. The largest absolute Gasteiger partial charge is 0.357 e. The Morgan fingerprint density at radius 1 is 1.20 bits per heavy atom. The average molecular weight is 342 g/mol. The van der Waals surface area contributed by atoms with E-state index in [0.29, 0.717) is 5.92 Å². The van der Waals surface area contributed by atoms with Gasteiger partial charge in [0.1, 0.15) is 12.2 Å². The van der Waals surface area contributed by atoms with Crippen LogP contribution in [0.2, 0.25) is 0 Å². The number of aromatic nitrogens is 3. The SMILES string of the molecule is CCNC(=NCC(C)c1ccc(C)cc1)NCCn1cnnc1CC. The Kier molecular flexibility index (Phi) is 7.44. The van der Waals surface area contributed by atoms with Gasteiger partial charge in [-0.1, -0.05) is 43.7 Å². The van der Waals surface area contributed by atoms with Crippen LogP contribution < -0.4 is 10.6 Å². The number of aliphatic imine (C=N–C) groups is 1. The van der Waals surface area contributed by atoms with Crippen molar-refractivity contribution in [1.29, 1.82) is 0 Å². The van der Waals surface area contributed by atoms with Gasteiger partial charge in [-0.05, 0) is 19.4 Å². The van der Waals surface area contributed by atoms with E-state index in [1.807, 2.05) is 0 Å². The lowest BCUT2D eigenvalue weighted by atomic mass is 10.0. The number of nitrogens with one attached hydrogen (secondary N) is 2. The van der Waals surface area contributed by atoms with Crippen molar-refractivity contribution in [3.05, 3.63) is 47.5 Å². The van der Waals surface area contributed by atoms with Crippen LogP contribution in [0, 0.1) is 6.92 Å².